The molecule has 0 bridgehead atoms. The van der Waals surface area contributed by atoms with E-state index >= 15 is 0 Å². The van der Waals surface area contributed by atoms with Crippen LogP contribution in [0.1, 0.15) is 35.7 Å². The molecule has 0 aliphatic heterocycles. The quantitative estimate of drug-likeness (QED) is 0.313. The maximum Gasteiger partial charge on any atom is 0.337 e. The molecule has 0 atom stereocenters. The van der Waals surface area contributed by atoms with Crippen LogP contribution in [0.4, 0.5) is 22.7 Å². The third-order valence-corrected chi connectivity index (χ3v) is 6.27. The first kappa shape index (κ1) is 23.1. The van der Waals surface area contributed by atoms with Crippen molar-refractivity contribution < 1.29 is 9.90 Å². The zero-order valence-electron chi connectivity index (χ0n) is 20.1. The Labute approximate surface area is 201 Å². The molecule has 4 heteroatoms. The molecule has 1 N–H and O–H groups in total. The smallest absolute Gasteiger partial charge is 0.337 e. The molecule has 4 aromatic rings. The van der Waals surface area contributed by atoms with E-state index in [0.717, 1.165) is 17.1 Å². The van der Waals surface area contributed by atoms with Crippen molar-refractivity contribution in [2.24, 2.45) is 0 Å². The highest BCUT2D eigenvalue weighted by Gasteiger charge is 2.14. The van der Waals surface area contributed by atoms with Gasteiger partial charge in [0.15, 0.2) is 0 Å². The summed E-state index contributed by atoms with van der Waals surface area (Å²) in [6, 6.07) is 32.4. The van der Waals surface area contributed by atoms with Gasteiger partial charge in [-0.3, -0.25) is 0 Å². The minimum atomic E-state index is -0.932. The molecule has 4 aromatic carbocycles. The maximum atomic E-state index is 11.6. The van der Waals surface area contributed by atoms with Gasteiger partial charge in [0.1, 0.15) is 0 Å². The molecule has 172 valence electrons. The molecule has 0 aliphatic rings. The number of benzene rings is 4. The molecule has 0 saturated heterocycles. The summed E-state index contributed by atoms with van der Waals surface area (Å²) in [5, 5.41) is 9.51. The van der Waals surface area contributed by atoms with Gasteiger partial charge < -0.3 is 14.9 Å². The van der Waals surface area contributed by atoms with E-state index in [2.05, 4.69) is 86.5 Å². The lowest BCUT2D eigenvalue weighted by atomic mass is 9.92. The summed E-state index contributed by atoms with van der Waals surface area (Å²) in [5.41, 5.74) is 7.87. The van der Waals surface area contributed by atoms with E-state index in [9.17, 15) is 9.90 Å². The van der Waals surface area contributed by atoms with Crippen molar-refractivity contribution in [2.45, 2.75) is 19.8 Å². The first-order chi connectivity index (χ1) is 16.4. The molecular formula is C30H30N2O2. The minimum Gasteiger partial charge on any atom is -0.478 e. The van der Waals surface area contributed by atoms with Crippen LogP contribution in [-0.4, -0.2) is 25.2 Å². The van der Waals surface area contributed by atoms with Crippen molar-refractivity contribution in [1.82, 2.24) is 0 Å². The maximum absolute atomic E-state index is 11.6. The summed E-state index contributed by atoms with van der Waals surface area (Å²) >= 11 is 0. The Balaban J connectivity index is 1.55. The molecule has 4 nitrogen and oxygen atoms in total. The monoisotopic (exact) mass is 450 g/mol. The van der Waals surface area contributed by atoms with Crippen LogP contribution in [0.2, 0.25) is 0 Å². The van der Waals surface area contributed by atoms with Gasteiger partial charge >= 0.3 is 5.97 Å². The number of carbonyl (C=O) groups is 1. The topological polar surface area (TPSA) is 43.8 Å². The summed E-state index contributed by atoms with van der Waals surface area (Å²) in [5.74, 6) is -0.462. The summed E-state index contributed by atoms with van der Waals surface area (Å²) in [7, 11) is 3.93. The first-order valence-electron chi connectivity index (χ1n) is 11.5. The first-order valence-corrected chi connectivity index (χ1v) is 11.5. The Morgan fingerprint density at radius 3 is 1.76 bits per heavy atom. The lowest BCUT2D eigenvalue weighted by molar-refractivity contribution is 0.0697. The summed E-state index contributed by atoms with van der Waals surface area (Å²) in [6.07, 6.45) is 0. The predicted octanol–water partition coefficient (Wildman–Crippen LogP) is 7.71. The average Bonchev–Trinajstić information content (AvgIpc) is 2.88. The van der Waals surface area contributed by atoms with Crippen molar-refractivity contribution in [1.29, 1.82) is 0 Å². The van der Waals surface area contributed by atoms with Crippen LogP contribution < -0.4 is 9.80 Å². The summed E-state index contributed by atoms with van der Waals surface area (Å²) in [4.78, 5) is 15.6. The largest absolute Gasteiger partial charge is 0.478 e. The Hall–Kier alpha value is -4.05. The molecular weight excluding hydrogens is 420 g/mol. The highest BCUT2D eigenvalue weighted by molar-refractivity contribution is 5.95. The number of hydrogen-bond acceptors (Lipinski definition) is 3. The zero-order valence-corrected chi connectivity index (χ0v) is 20.1. The SMILES string of the molecule is CC(C)c1ccccc1-c1ccc(N(C)c2ccc(N(C)c3ccccc3C(=O)O)cc2)cc1. The number of nitrogens with zero attached hydrogens (tertiary/aromatic N) is 2. The summed E-state index contributed by atoms with van der Waals surface area (Å²) in [6.45, 7) is 4.45. The fraction of sp³-hybridized carbons (Fsp3) is 0.167. The predicted molar refractivity (Wildman–Crippen MR) is 142 cm³/mol. The number of hydrogen-bond donors (Lipinski definition) is 1. The normalized spacial score (nSPS) is 10.9. The third kappa shape index (κ3) is 4.67. The van der Waals surface area contributed by atoms with Crippen molar-refractivity contribution in [2.75, 3.05) is 23.9 Å². The second-order valence-corrected chi connectivity index (χ2v) is 8.75. The van der Waals surface area contributed by atoms with E-state index in [1.807, 2.05) is 36.2 Å². The molecule has 0 aromatic heterocycles. The Morgan fingerprint density at radius 1 is 0.676 bits per heavy atom. The molecule has 0 radical (unpaired) electrons. The molecule has 0 aliphatic carbocycles. The molecule has 0 amide bonds. The number of aromatic carboxylic acids is 1. The van der Waals surface area contributed by atoms with E-state index in [4.69, 9.17) is 0 Å². The minimum absolute atomic E-state index is 0.283. The van der Waals surface area contributed by atoms with E-state index < -0.39 is 5.97 Å². The van der Waals surface area contributed by atoms with Gasteiger partial charge in [-0.1, -0.05) is 62.4 Å². The average molecular weight is 451 g/mol. The molecule has 0 spiro atoms. The number of carboxylic acid groups (broad SMARTS) is 1. The highest BCUT2D eigenvalue weighted by Crippen LogP contribution is 2.33. The van der Waals surface area contributed by atoms with Crippen LogP contribution in [0.5, 0.6) is 0 Å². The second kappa shape index (κ2) is 9.84. The van der Waals surface area contributed by atoms with Crippen LogP contribution in [0.3, 0.4) is 0 Å². The van der Waals surface area contributed by atoms with E-state index in [1.54, 1.807) is 12.1 Å². The van der Waals surface area contributed by atoms with Crippen molar-refractivity contribution in [3.63, 3.8) is 0 Å². The summed E-state index contributed by atoms with van der Waals surface area (Å²) < 4.78 is 0. The van der Waals surface area contributed by atoms with Gasteiger partial charge in [-0.2, -0.15) is 0 Å². The Morgan fingerprint density at radius 2 is 1.18 bits per heavy atom. The molecule has 0 fully saturated rings. The van der Waals surface area contributed by atoms with E-state index in [0.29, 0.717) is 11.6 Å². The fourth-order valence-corrected chi connectivity index (χ4v) is 4.26. The van der Waals surface area contributed by atoms with Gasteiger partial charge in [0, 0.05) is 31.2 Å². The van der Waals surface area contributed by atoms with Gasteiger partial charge in [-0.05, 0) is 71.1 Å². The number of para-hydroxylation sites is 1. The second-order valence-electron chi connectivity index (χ2n) is 8.75. The number of carboxylic acids is 1. The molecule has 0 unspecified atom stereocenters. The van der Waals surface area contributed by atoms with Crippen molar-refractivity contribution in [3.05, 3.63) is 108 Å². The fourth-order valence-electron chi connectivity index (χ4n) is 4.26. The zero-order chi connectivity index (χ0) is 24.2. The molecule has 34 heavy (non-hydrogen) atoms. The van der Waals surface area contributed by atoms with Crippen molar-refractivity contribution >= 4 is 28.7 Å². The lowest BCUT2D eigenvalue weighted by Gasteiger charge is -2.24. The van der Waals surface area contributed by atoms with Gasteiger partial charge in [0.2, 0.25) is 0 Å². The van der Waals surface area contributed by atoms with E-state index in [1.165, 1.54) is 16.7 Å². The van der Waals surface area contributed by atoms with Crippen LogP contribution in [-0.2, 0) is 0 Å². The van der Waals surface area contributed by atoms with Gasteiger partial charge in [0.05, 0.1) is 11.3 Å². The number of rotatable bonds is 7. The number of anilines is 4. The highest BCUT2D eigenvalue weighted by atomic mass is 16.4. The lowest BCUT2D eigenvalue weighted by Crippen LogP contribution is -2.14. The van der Waals surface area contributed by atoms with Crippen LogP contribution in [0.25, 0.3) is 11.1 Å². The Bertz CT molecular complexity index is 1280. The standard InChI is InChI=1S/C30H30N2O2/c1-21(2)26-9-5-6-10-27(26)22-13-15-23(16-14-22)31(3)24-17-19-25(20-18-24)32(4)29-12-8-7-11-28(29)30(33)34/h5-21H,1-4H3,(H,33,34). The van der Waals surface area contributed by atoms with Crippen LogP contribution in [0, 0.1) is 0 Å². The van der Waals surface area contributed by atoms with Crippen molar-refractivity contribution in [3.8, 4) is 11.1 Å². The third-order valence-electron chi connectivity index (χ3n) is 6.27. The molecule has 4 rings (SSSR count). The van der Waals surface area contributed by atoms with Gasteiger partial charge in [-0.25, -0.2) is 4.79 Å². The van der Waals surface area contributed by atoms with Crippen LogP contribution >= 0.6 is 0 Å². The van der Waals surface area contributed by atoms with Gasteiger partial charge in [-0.15, -0.1) is 0 Å². The molecule has 0 heterocycles. The molecule has 0 saturated carbocycles. The van der Waals surface area contributed by atoms with E-state index in [-0.39, 0.29) is 5.56 Å². The van der Waals surface area contributed by atoms with Crippen LogP contribution in [0.15, 0.2) is 97.1 Å². The Kier molecular flexibility index (Phi) is 6.69. The van der Waals surface area contributed by atoms with Gasteiger partial charge in [0.25, 0.3) is 0 Å².